The van der Waals surface area contributed by atoms with Gasteiger partial charge < -0.3 is 15.2 Å². The lowest BCUT2D eigenvalue weighted by molar-refractivity contribution is -0.384. The van der Waals surface area contributed by atoms with Crippen molar-refractivity contribution in [1.82, 2.24) is 0 Å². The van der Waals surface area contributed by atoms with Crippen LogP contribution in [0, 0.1) is 10.1 Å². The molecule has 0 aliphatic carbocycles. The molecule has 1 unspecified atom stereocenters. The van der Waals surface area contributed by atoms with Crippen molar-refractivity contribution in [3.63, 3.8) is 0 Å². The number of nitro groups is 1. The minimum Gasteiger partial charge on any atom is -0.496 e. The molecule has 7 heteroatoms. The fourth-order valence-electron chi connectivity index (χ4n) is 1.63. The number of methoxy groups -OCH3 is 1. The van der Waals surface area contributed by atoms with E-state index in [0.717, 1.165) is 0 Å². The molecule has 104 valence electrons. The Kier molecular flexibility index (Phi) is 5.11. The van der Waals surface area contributed by atoms with Crippen LogP contribution in [0.1, 0.15) is 19.8 Å². The second-order valence-electron chi connectivity index (χ2n) is 4.02. The predicted molar refractivity (Wildman–Crippen MR) is 69.6 cm³/mol. The summed E-state index contributed by atoms with van der Waals surface area (Å²) in [6, 6.07) is 3.97. The number of benzene rings is 1. The number of nitro benzene ring substituents is 1. The fraction of sp³-hybridized carbons (Fsp3) is 0.417. The van der Waals surface area contributed by atoms with Gasteiger partial charge in [0.15, 0.2) is 0 Å². The number of anilines is 1. The lowest BCUT2D eigenvalue weighted by atomic mass is 10.1. The van der Waals surface area contributed by atoms with Crippen LogP contribution >= 0.6 is 0 Å². The molecule has 0 spiro atoms. The van der Waals surface area contributed by atoms with E-state index in [2.05, 4.69) is 5.32 Å². The Bertz CT molecular complexity index is 475. The number of nitrogens with zero attached hydrogens (tertiary/aromatic N) is 1. The minimum atomic E-state index is -0.920. The van der Waals surface area contributed by atoms with Gasteiger partial charge in [0.25, 0.3) is 5.69 Å². The molecule has 1 rings (SSSR count). The third-order valence-corrected chi connectivity index (χ3v) is 2.62. The van der Waals surface area contributed by atoms with Gasteiger partial charge in [-0.15, -0.1) is 0 Å². The summed E-state index contributed by atoms with van der Waals surface area (Å²) in [7, 11) is 1.41. The van der Waals surface area contributed by atoms with Crippen molar-refractivity contribution >= 4 is 17.3 Å². The van der Waals surface area contributed by atoms with Gasteiger partial charge in [-0.25, -0.2) is 0 Å². The lowest BCUT2D eigenvalue weighted by Gasteiger charge is -2.16. The molecular weight excluding hydrogens is 252 g/mol. The van der Waals surface area contributed by atoms with Crippen LogP contribution in [0.25, 0.3) is 0 Å². The Hall–Kier alpha value is -2.31. The highest BCUT2D eigenvalue weighted by atomic mass is 16.6. The number of rotatable bonds is 7. The standard InChI is InChI=1S/C12H16N2O5/c1-3-8(6-12(15)16)13-9-4-10(14(17)18)7-11(5-9)19-2/h4-5,7-8,13H,3,6H2,1-2H3,(H,15,16). The summed E-state index contributed by atoms with van der Waals surface area (Å²) < 4.78 is 4.98. The largest absolute Gasteiger partial charge is 0.496 e. The first-order chi connectivity index (χ1) is 8.96. The van der Waals surface area contributed by atoms with Crippen molar-refractivity contribution in [2.45, 2.75) is 25.8 Å². The Morgan fingerprint density at radius 2 is 2.21 bits per heavy atom. The molecule has 1 aromatic carbocycles. The summed E-state index contributed by atoms with van der Waals surface area (Å²) in [5.41, 5.74) is 0.367. The van der Waals surface area contributed by atoms with E-state index in [-0.39, 0.29) is 18.2 Å². The number of carboxylic acids is 1. The number of hydrogen-bond donors (Lipinski definition) is 2. The molecule has 0 fully saturated rings. The quantitative estimate of drug-likeness (QED) is 0.581. The second kappa shape index (κ2) is 6.58. The highest BCUT2D eigenvalue weighted by Crippen LogP contribution is 2.26. The van der Waals surface area contributed by atoms with E-state index in [0.29, 0.717) is 17.9 Å². The van der Waals surface area contributed by atoms with E-state index in [4.69, 9.17) is 9.84 Å². The van der Waals surface area contributed by atoms with Crippen LogP contribution in [0.3, 0.4) is 0 Å². The van der Waals surface area contributed by atoms with Crippen LogP contribution in [0.15, 0.2) is 18.2 Å². The molecule has 7 nitrogen and oxygen atoms in total. The number of carboxylic acid groups (broad SMARTS) is 1. The molecule has 0 heterocycles. The summed E-state index contributed by atoms with van der Waals surface area (Å²) in [4.78, 5) is 20.9. The van der Waals surface area contributed by atoms with Crippen molar-refractivity contribution in [2.75, 3.05) is 12.4 Å². The number of nitrogens with one attached hydrogen (secondary N) is 1. The van der Waals surface area contributed by atoms with Crippen LogP contribution in [0.4, 0.5) is 11.4 Å². The number of ether oxygens (including phenoxy) is 1. The van der Waals surface area contributed by atoms with Gasteiger partial charge in [-0.2, -0.15) is 0 Å². The van der Waals surface area contributed by atoms with Gasteiger partial charge >= 0.3 is 5.97 Å². The van der Waals surface area contributed by atoms with Crippen molar-refractivity contribution in [3.8, 4) is 5.75 Å². The average molecular weight is 268 g/mol. The second-order valence-corrected chi connectivity index (χ2v) is 4.02. The van der Waals surface area contributed by atoms with E-state index < -0.39 is 10.9 Å². The number of non-ortho nitro benzene ring substituents is 1. The number of aliphatic carboxylic acids is 1. The molecule has 19 heavy (non-hydrogen) atoms. The fourth-order valence-corrected chi connectivity index (χ4v) is 1.63. The van der Waals surface area contributed by atoms with Gasteiger partial charge in [-0.3, -0.25) is 14.9 Å². The van der Waals surface area contributed by atoms with Crippen LogP contribution < -0.4 is 10.1 Å². The van der Waals surface area contributed by atoms with Crippen LogP contribution in [0.2, 0.25) is 0 Å². The zero-order valence-electron chi connectivity index (χ0n) is 10.8. The molecule has 0 aliphatic rings. The van der Waals surface area contributed by atoms with Gasteiger partial charge in [0.1, 0.15) is 5.75 Å². The highest BCUT2D eigenvalue weighted by Gasteiger charge is 2.14. The summed E-state index contributed by atoms with van der Waals surface area (Å²) in [5.74, 6) is -0.571. The minimum absolute atomic E-state index is 0.0541. The van der Waals surface area contributed by atoms with Gasteiger partial charge in [0, 0.05) is 23.9 Å². The first-order valence-corrected chi connectivity index (χ1v) is 5.78. The maximum atomic E-state index is 10.8. The van der Waals surface area contributed by atoms with Gasteiger partial charge in [-0.1, -0.05) is 6.92 Å². The van der Waals surface area contributed by atoms with E-state index >= 15 is 0 Å². The van der Waals surface area contributed by atoms with E-state index in [9.17, 15) is 14.9 Å². The van der Waals surface area contributed by atoms with Crippen LogP contribution in [-0.2, 0) is 4.79 Å². The van der Waals surface area contributed by atoms with Gasteiger partial charge in [0.05, 0.1) is 24.5 Å². The van der Waals surface area contributed by atoms with Crippen molar-refractivity contribution in [2.24, 2.45) is 0 Å². The Balaban J connectivity index is 2.95. The monoisotopic (exact) mass is 268 g/mol. The van der Waals surface area contributed by atoms with Crippen LogP contribution in [0.5, 0.6) is 5.75 Å². The number of hydrogen-bond acceptors (Lipinski definition) is 5. The summed E-state index contributed by atoms with van der Waals surface area (Å²) in [6.45, 7) is 1.84. The maximum Gasteiger partial charge on any atom is 0.305 e. The maximum absolute atomic E-state index is 10.8. The zero-order valence-corrected chi connectivity index (χ0v) is 10.8. The van der Waals surface area contributed by atoms with Crippen molar-refractivity contribution in [1.29, 1.82) is 0 Å². The van der Waals surface area contributed by atoms with Gasteiger partial charge in [0.2, 0.25) is 0 Å². The topological polar surface area (TPSA) is 102 Å². The Morgan fingerprint density at radius 3 is 2.68 bits per heavy atom. The zero-order chi connectivity index (χ0) is 14.4. The molecule has 1 aromatic rings. The molecular formula is C12H16N2O5. The average Bonchev–Trinajstić information content (AvgIpc) is 2.36. The summed E-state index contributed by atoms with van der Waals surface area (Å²) in [6.07, 6.45) is 0.540. The highest BCUT2D eigenvalue weighted by molar-refractivity contribution is 5.68. The normalized spacial score (nSPS) is 11.7. The van der Waals surface area contributed by atoms with Crippen molar-refractivity contribution < 1.29 is 19.6 Å². The molecule has 0 saturated carbocycles. The molecule has 0 bridgehead atoms. The molecule has 0 amide bonds. The van der Waals surface area contributed by atoms with E-state index in [1.165, 1.54) is 19.2 Å². The predicted octanol–water partition coefficient (Wildman–Crippen LogP) is 2.27. The molecule has 0 aliphatic heterocycles. The van der Waals surface area contributed by atoms with E-state index in [1.807, 2.05) is 6.92 Å². The van der Waals surface area contributed by atoms with Crippen molar-refractivity contribution in [3.05, 3.63) is 28.3 Å². The molecule has 0 radical (unpaired) electrons. The lowest BCUT2D eigenvalue weighted by Crippen LogP contribution is -2.22. The first-order valence-electron chi connectivity index (χ1n) is 5.78. The summed E-state index contributed by atoms with van der Waals surface area (Å²) in [5, 5.41) is 22.5. The molecule has 2 N–H and O–H groups in total. The third kappa shape index (κ3) is 4.46. The third-order valence-electron chi connectivity index (χ3n) is 2.62. The molecule has 0 aromatic heterocycles. The summed E-state index contributed by atoms with van der Waals surface area (Å²) >= 11 is 0. The van der Waals surface area contributed by atoms with Crippen LogP contribution in [-0.4, -0.2) is 29.2 Å². The Morgan fingerprint density at radius 1 is 1.53 bits per heavy atom. The molecule has 1 atom stereocenters. The first kappa shape index (κ1) is 14.7. The van der Waals surface area contributed by atoms with E-state index in [1.54, 1.807) is 6.07 Å². The van der Waals surface area contributed by atoms with Gasteiger partial charge in [-0.05, 0) is 6.42 Å². The smallest absolute Gasteiger partial charge is 0.305 e. The Labute approximate surface area is 110 Å². The SMILES string of the molecule is CCC(CC(=O)O)Nc1cc(OC)cc([N+](=O)[O-])c1. The number of carbonyl (C=O) groups is 1. The molecule has 0 saturated heterocycles.